The zero-order valence-electron chi connectivity index (χ0n) is 21.1. The van der Waals surface area contributed by atoms with E-state index in [2.05, 4.69) is 37.4 Å². The number of nitrogen functional groups attached to an aromatic ring is 1. The van der Waals surface area contributed by atoms with E-state index in [0.717, 1.165) is 66.1 Å². The first kappa shape index (κ1) is 24.9. The summed E-state index contributed by atoms with van der Waals surface area (Å²) in [6.07, 6.45) is 1.72. The summed E-state index contributed by atoms with van der Waals surface area (Å²) < 4.78 is 0. The smallest absolute Gasteiger partial charge is 0.255 e. The van der Waals surface area contributed by atoms with Crippen LogP contribution in [-0.4, -0.2) is 58.9 Å². The highest BCUT2D eigenvalue weighted by atomic mass is 32.1. The molecule has 1 amide bonds. The van der Waals surface area contributed by atoms with Crippen LogP contribution in [0.3, 0.4) is 0 Å². The molecular weight excluding hydrogens is 482 g/mol. The number of amides is 1. The van der Waals surface area contributed by atoms with E-state index in [-0.39, 0.29) is 5.91 Å². The maximum Gasteiger partial charge on any atom is 0.255 e. The number of likely N-dealkylation sites (N-methyl/N-ethyl adjacent to an activating group) is 1. The highest BCUT2D eigenvalue weighted by molar-refractivity contribution is 7.14. The van der Waals surface area contributed by atoms with Gasteiger partial charge in [0.1, 0.15) is 5.82 Å². The van der Waals surface area contributed by atoms with Crippen LogP contribution in [-0.2, 0) is 6.54 Å². The summed E-state index contributed by atoms with van der Waals surface area (Å²) >= 11 is 1.51. The fourth-order valence-electron chi connectivity index (χ4n) is 4.20. The average molecular weight is 514 g/mol. The highest BCUT2D eigenvalue weighted by Gasteiger charge is 2.14. The monoisotopic (exact) mass is 513 g/mol. The number of carbonyl (C=O) groups excluding carboxylic acids is 1. The number of pyridine rings is 1. The van der Waals surface area contributed by atoms with Crippen molar-refractivity contribution in [2.45, 2.75) is 13.5 Å². The van der Waals surface area contributed by atoms with Crippen LogP contribution in [0.2, 0.25) is 0 Å². The van der Waals surface area contributed by atoms with Crippen LogP contribution in [0, 0.1) is 6.92 Å². The van der Waals surface area contributed by atoms with E-state index in [0.29, 0.717) is 11.4 Å². The van der Waals surface area contributed by atoms with E-state index in [1.807, 2.05) is 60.8 Å². The highest BCUT2D eigenvalue weighted by Crippen LogP contribution is 2.29. The number of anilines is 4. The Hall–Kier alpha value is -3.79. The summed E-state index contributed by atoms with van der Waals surface area (Å²) in [6.45, 7) is 7.27. The van der Waals surface area contributed by atoms with Crippen molar-refractivity contribution < 1.29 is 4.79 Å². The number of nitrogens with two attached hydrogens (primary N) is 1. The molecule has 0 radical (unpaired) electrons. The fraction of sp³-hybridized carbons (Fsp3) is 0.250. The van der Waals surface area contributed by atoms with Gasteiger partial charge in [-0.05, 0) is 61.5 Å². The molecule has 37 heavy (non-hydrogen) atoms. The summed E-state index contributed by atoms with van der Waals surface area (Å²) in [5.74, 6) is 0.349. The molecule has 4 N–H and O–H groups in total. The third-order valence-corrected chi connectivity index (χ3v) is 7.30. The topological polar surface area (TPSA) is 99.4 Å². The maximum atomic E-state index is 12.9. The fourth-order valence-corrected chi connectivity index (χ4v) is 4.93. The zero-order chi connectivity index (χ0) is 25.8. The maximum absolute atomic E-state index is 12.9. The Labute approximate surface area is 221 Å². The molecule has 1 aliphatic rings. The number of rotatable bonds is 7. The number of carbonyl (C=O) groups is 1. The number of thiazole rings is 1. The Morgan fingerprint density at radius 2 is 1.84 bits per heavy atom. The Morgan fingerprint density at radius 3 is 2.57 bits per heavy atom. The minimum absolute atomic E-state index is 0.131. The second-order valence-electron chi connectivity index (χ2n) is 9.39. The molecule has 2 aromatic heterocycles. The van der Waals surface area contributed by atoms with Gasteiger partial charge in [0.25, 0.3) is 5.91 Å². The number of piperazine rings is 1. The standard InChI is InChI=1S/C28H31N7OS/c1-19-3-9-23(15-24(19)32-28-33-25(18-37-28)22-8-10-26(29)30-16-22)31-27(36)21-6-4-20(5-7-21)17-35-13-11-34(2)12-14-35/h3-10,15-16,18H,11-14,17H2,1-2H3,(H2,29,30)(H,31,36)(H,32,33). The van der Waals surface area contributed by atoms with E-state index in [1.54, 1.807) is 12.3 Å². The second kappa shape index (κ2) is 11.1. The molecule has 8 nitrogen and oxygen atoms in total. The summed E-state index contributed by atoms with van der Waals surface area (Å²) in [7, 11) is 2.16. The number of hydrogen-bond acceptors (Lipinski definition) is 8. The number of hydrogen-bond donors (Lipinski definition) is 3. The summed E-state index contributed by atoms with van der Waals surface area (Å²) in [4.78, 5) is 26.5. The molecule has 0 unspecified atom stereocenters. The number of aromatic nitrogens is 2. The van der Waals surface area contributed by atoms with Crippen molar-refractivity contribution in [1.82, 2.24) is 19.8 Å². The average Bonchev–Trinajstić information content (AvgIpc) is 3.37. The van der Waals surface area contributed by atoms with Crippen molar-refractivity contribution >= 4 is 39.6 Å². The molecule has 190 valence electrons. The lowest BCUT2D eigenvalue weighted by Crippen LogP contribution is -2.43. The quantitative estimate of drug-likeness (QED) is 0.325. The molecule has 0 saturated carbocycles. The van der Waals surface area contributed by atoms with Gasteiger partial charge in [0, 0.05) is 66.8 Å². The van der Waals surface area contributed by atoms with E-state index in [9.17, 15) is 4.79 Å². The Balaban J connectivity index is 1.21. The van der Waals surface area contributed by atoms with Crippen LogP contribution < -0.4 is 16.4 Å². The van der Waals surface area contributed by atoms with Gasteiger partial charge in [-0.15, -0.1) is 11.3 Å². The van der Waals surface area contributed by atoms with Crippen molar-refractivity contribution in [2.75, 3.05) is 49.6 Å². The summed E-state index contributed by atoms with van der Waals surface area (Å²) in [6, 6.07) is 17.4. The largest absolute Gasteiger partial charge is 0.384 e. The molecule has 0 atom stereocenters. The van der Waals surface area contributed by atoms with Crippen molar-refractivity contribution in [2.24, 2.45) is 0 Å². The van der Waals surface area contributed by atoms with Gasteiger partial charge in [-0.1, -0.05) is 18.2 Å². The Bertz CT molecular complexity index is 1360. The van der Waals surface area contributed by atoms with Gasteiger partial charge in [0.15, 0.2) is 5.13 Å². The number of benzene rings is 2. The molecule has 0 aliphatic carbocycles. The number of aryl methyl sites for hydroxylation is 1. The van der Waals surface area contributed by atoms with Crippen LogP contribution >= 0.6 is 11.3 Å². The lowest BCUT2D eigenvalue weighted by molar-refractivity contribution is 0.102. The van der Waals surface area contributed by atoms with Crippen molar-refractivity contribution in [3.63, 3.8) is 0 Å². The van der Waals surface area contributed by atoms with E-state index >= 15 is 0 Å². The van der Waals surface area contributed by atoms with Gasteiger partial charge < -0.3 is 21.3 Å². The first-order valence-electron chi connectivity index (χ1n) is 12.3. The number of nitrogens with zero attached hydrogens (tertiary/aromatic N) is 4. The first-order valence-corrected chi connectivity index (χ1v) is 13.2. The van der Waals surface area contributed by atoms with Crippen LogP contribution in [0.25, 0.3) is 11.3 Å². The van der Waals surface area contributed by atoms with Gasteiger partial charge in [-0.3, -0.25) is 9.69 Å². The normalized spacial score (nSPS) is 14.4. The lowest BCUT2D eigenvalue weighted by Gasteiger charge is -2.32. The molecule has 9 heteroatoms. The molecule has 1 saturated heterocycles. The molecule has 2 aromatic carbocycles. The lowest BCUT2D eigenvalue weighted by atomic mass is 10.1. The minimum atomic E-state index is -0.131. The summed E-state index contributed by atoms with van der Waals surface area (Å²) in [5.41, 5.74) is 11.9. The molecule has 1 aliphatic heterocycles. The van der Waals surface area contributed by atoms with E-state index < -0.39 is 0 Å². The molecule has 1 fully saturated rings. The molecule has 4 aromatic rings. The predicted octanol–water partition coefficient (Wildman–Crippen LogP) is 4.84. The number of nitrogens with one attached hydrogen (secondary N) is 2. The van der Waals surface area contributed by atoms with E-state index in [4.69, 9.17) is 5.73 Å². The van der Waals surface area contributed by atoms with Gasteiger partial charge >= 0.3 is 0 Å². The van der Waals surface area contributed by atoms with Crippen LogP contribution in [0.1, 0.15) is 21.5 Å². The Kier molecular flexibility index (Phi) is 7.45. The van der Waals surface area contributed by atoms with Crippen LogP contribution in [0.5, 0.6) is 0 Å². The van der Waals surface area contributed by atoms with Gasteiger partial charge in [0.05, 0.1) is 5.69 Å². The molecule has 3 heterocycles. The second-order valence-corrected chi connectivity index (χ2v) is 10.3. The van der Waals surface area contributed by atoms with Crippen molar-refractivity contribution in [3.05, 3.63) is 82.9 Å². The Morgan fingerprint density at radius 1 is 1.05 bits per heavy atom. The van der Waals surface area contributed by atoms with E-state index in [1.165, 1.54) is 16.9 Å². The third-order valence-electron chi connectivity index (χ3n) is 6.54. The molecular formula is C28H31N7OS. The van der Waals surface area contributed by atoms with Gasteiger partial charge in [-0.25, -0.2) is 9.97 Å². The van der Waals surface area contributed by atoms with Crippen LogP contribution in [0.15, 0.2) is 66.2 Å². The molecule has 0 bridgehead atoms. The SMILES string of the molecule is Cc1ccc(NC(=O)c2ccc(CN3CCN(C)CC3)cc2)cc1Nc1nc(-c2ccc(N)nc2)cs1. The molecule has 5 rings (SSSR count). The van der Waals surface area contributed by atoms with Gasteiger partial charge in [0.2, 0.25) is 0 Å². The first-order chi connectivity index (χ1) is 17.9. The zero-order valence-corrected chi connectivity index (χ0v) is 21.9. The minimum Gasteiger partial charge on any atom is -0.384 e. The summed E-state index contributed by atoms with van der Waals surface area (Å²) in [5, 5.41) is 9.14. The van der Waals surface area contributed by atoms with Crippen molar-refractivity contribution in [1.29, 1.82) is 0 Å². The molecule has 0 spiro atoms. The van der Waals surface area contributed by atoms with Gasteiger partial charge in [-0.2, -0.15) is 0 Å². The predicted molar refractivity (Wildman–Crippen MR) is 151 cm³/mol. The van der Waals surface area contributed by atoms with Crippen LogP contribution in [0.4, 0.5) is 22.3 Å². The third kappa shape index (κ3) is 6.32. The van der Waals surface area contributed by atoms with Crippen molar-refractivity contribution in [3.8, 4) is 11.3 Å².